The summed E-state index contributed by atoms with van der Waals surface area (Å²) in [5, 5.41) is 6.90. The Morgan fingerprint density at radius 2 is 2.00 bits per heavy atom. The molecule has 1 aromatic heterocycles. The van der Waals surface area contributed by atoms with Gasteiger partial charge < -0.3 is 14.7 Å². The van der Waals surface area contributed by atoms with E-state index in [9.17, 15) is 9.18 Å². The molecule has 1 saturated carbocycles. The smallest absolute Gasteiger partial charge is 0.322 e. The summed E-state index contributed by atoms with van der Waals surface area (Å²) < 4.78 is 18.8. The van der Waals surface area contributed by atoms with E-state index in [2.05, 4.69) is 15.5 Å². The molecule has 0 aliphatic heterocycles. The van der Waals surface area contributed by atoms with Crippen LogP contribution in [0.15, 0.2) is 53.1 Å². The molecule has 3 aromatic rings. The lowest BCUT2D eigenvalue weighted by Crippen LogP contribution is -2.36. The Morgan fingerprint density at radius 1 is 1.24 bits per heavy atom. The summed E-state index contributed by atoms with van der Waals surface area (Å²) in [6.45, 7) is 4.39. The number of nitrogens with zero attached hydrogens (tertiary/aromatic N) is 3. The van der Waals surface area contributed by atoms with E-state index in [0.717, 1.165) is 24.0 Å². The van der Waals surface area contributed by atoms with Gasteiger partial charge in [0.05, 0.1) is 0 Å². The molecule has 0 radical (unpaired) electrons. The Hall–Kier alpha value is -3.22. The van der Waals surface area contributed by atoms with Gasteiger partial charge in [0.2, 0.25) is 0 Å². The first kappa shape index (κ1) is 19.1. The van der Waals surface area contributed by atoms with Crippen molar-refractivity contribution in [3.8, 4) is 11.5 Å². The van der Waals surface area contributed by atoms with Crippen molar-refractivity contribution in [2.45, 2.75) is 45.2 Å². The number of benzene rings is 2. The predicted molar refractivity (Wildman–Crippen MR) is 108 cm³/mol. The second-order valence-electron chi connectivity index (χ2n) is 7.61. The van der Waals surface area contributed by atoms with E-state index in [1.807, 2.05) is 32.0 Å². The highest BCUT2D eigenvalue weighted by Crippen LogP contribution is 2.29. The Balaban J connectivity index is 1.43. The van der Waals surface area contributed by atoms with Gasteiger partial charge in [-0.3, -0.25) is 0 Å². The van der Waals surface area contributed by atoms with Crippen molar-refractivity contribution in [3.63, 3.8) is 0 Å². The maximum atomic E-state index is 13.5. The van der Waals surface area contributed by atoms with Crippen LogP contribution in [-0.4, -0.2) is 27.1 Å². The van der Waals surface area contributed by atoms with Gasteiger partial charge >= 0.3 is 6.03 Å². The van der Waals surface area contributed by atoms with Crippen LogP contribution in [0.1, 0.15) is 44.0 Å². The molecule has 0 saturated heterocycles. The maximum absolute atomic E-state index is 13.5. The first-order chi connectivity index (χ1) is 14.0. The van der Waals surface area contributed by atoms with Crippen molar-refractivity contribution < 1.29 is 13.7 Å². The topological polar surface area (TPSA) is 71.3 Å². The summed E-state index contributed by atoms with van der Waals surface area (Å²) >= 11 is 0. The minimum absolute atomic E-state index is 0.190. The normalized spacial score (nSPS) is 13.5. The number of hydrogen-bond donors (Lipinski definition) is 1. The molecular formula is C22H23FN4O2. The molecule has 29 heavy (non-hydrogen) atoms. The van der Waals surface area contributed by atoms with Crippen molar-refractivity contribution in [1.82, 2.24) is 15.0 Å². The average Bonchev–Trinajstić information content (AvgIpc) is 3.41. The Bertz CT molecular complexity index is 996. The molecule has 0 atom stereocenters. The van der Waals surface area contributed by atoms with E-state index in [-0.39, 0.29) is 23.8 Å². The van der Waals surface area contributed by atoms with Gasteiger partial charge in [0.1, 0.15) is 5.82 Å². The number of carbonyl (C=O) groups excluding carboxylic acids is 1. The third kappa shape index (κ3) is 4.62. The van der Waals surface area contributed by atoms with Crippen LogP contribution in [0.25, 0.3) is 11.5 Å². The molecule has 150 valence electrons. The second kappa shape index (κ2) is 8.03. The average molecular weight is 394 g/mol. The van der Waals surface area contributed by atoms with E-state index >= 15 is 0 Å². The highest BCUT2D eigenvalue weighted by atomic mass is 19.1. The SMILES string of the molecule is CC(C)c1noc(-c2ccc(NC(=O)N(Cc3cccc(F)c3)C3CC3)cc2)n1. The van der Waals surface area contributed by atoms with Crippen LogP contribution < -0.4 is 5.32 Å². The van der Waals surface area contributed by atoms with Crippen molar-refractivity contribution >= 4 is 11.7 Å². The van der Waals surface area contributed by atoms with Gasteiger partial charge in [0.25, 0.3) is 5.89 Å². The van der Waals surface area contributed by atoms with Gasteiger partial charge in [0.15, 0.2) is 5.82 Å². The van der Waals surface area contributed by atoms with Gasteiger partial charge in [-0.05, 0) is 54.8 Å². The molecule has 1 aliphatic carbocycles. The number of rotatable bonds is 6. The number of nitrogens with one attached hydrogen (secondary N) is 1. The van der Waals surface area contributed by atoms with Crippen molar-refractivity contribution in [2.75, 3.05) is 5.32 Å². The van der Waals surface area contributed by atoms with E-state index in [1.165, 1.54) is 12.1 Å². The molecule has 4 rings (SSSR count). The molecule has 0 unspecified atom stereocenters. The second-order valence-corrected chi connectivity index (χ2v) is 7.61. The van der Waals surface area contributed by atoms with Gasteiger partial charge in [-0.2, -0.15) is 4.98 Å². The first-order valence-electron chi connectivity index (χ1n) is 9.75. The third-order valence-electron chi connectivity index (χ3n) is 4.83. The van der Waals surface area contributed by atoms with Crippen molar-refractivity contribution in [2.24, 2.45) is 0 Å². The highest BCUT2D eigenvalue weighted by molar-refractivity contribution is 5.90. The molecule has 1 fully saturated rings. The molecule has 2 aromatic carbocycles. The van der Waals surface area contributed by atoms with Gasteiger partial charge in [-0.1, -0.05) is 31.1 Å². The quantitative estimate of drug-likeness (QED) is 0.624. The van der Waals surface area contributed by atoms with Crippen LogP contribution in [0.2, 0.25) is 0 Å². The lowest BCUT2D eigenvalue weighted by atomic mass is 10.2. The molecule has 6 nitrogen and oxygen atoms in total. The summed E-state index contributed by atoms with van der Waals surface area (Å²) in [7, 11) is 0. The zero-order valence-corrected chi connectivity index (χ0v) is 16.4. The van der Waals surface area contributed by atoms with Crippen LogP contribution in [0.5, 0.6) is 0 Å². The summed E-state index contributed by atoms with van der Waals surface area (Å²) in [5.74, 6) is 1.01. The Kier molecular flexibility index (Phi) is 5.29. The number of anilines is 1. The fourth-order valence-electron chi connectivity index (χ4n) is 3.06. The van der Waals surface area contributed by atoms with E-state index in [4.69, 9.17) is 4.52 Å². The lowest BCUT2D eigenvalue weighted by molar-refractivity contribution is 0.206. The monoisotopic (exact) mass is 394 g/mol. The molecule has 7 heteroatoms. The fraction of sp³-hybridized carbons (Fsp3) is 0.318. The zero-order valence-electron chi connectivity index (χ0n) is 16.4. The third-order valence-corrected chi connectivity index (χ3v) is 4.83. The molecule has 1 N–H and O–H groups in total. The number of hydrogen-bond acceptors (Lipinski definition) is 4. The minimum atomic E-state index is -0.295. The number of carbonyl (C=O) groups is 1. The van der Waals surface area contributed by atoms with Crippen LogP contribution in [0.4, 0.5) is 14.9 Å². The highest BCUT2D eigenvalue weighted by Gasteiger charge is 2.32. The summed E-state index contributed by atoms with van der Waals surface area (Å²) in [4.78, 5) is 18.9. The summed E-state index contributed by atoms with van der Waals surface area (Å²) in [6, 6.07) is 13.6. The largest absolute Gasteiger partial charge is 0.334 e. The number of amides is 2. The summed E-state index contributed by atoms with van der Waals surface area (Å²) in [5.41, 5.74) is 2.24. The molecule has 0 spiro atoms. The van der Waals surface area contributed by atoms with Crippen LogP contribution >= 0.6 is 0 Å². The Morgan fingerprint density at radius 3 is 2.62 bits per heavy atom. The maximum Gasteiger partial charge on any atom is 0.322 e. The number of halogens is 1. The summed E-state index contributed by atoms with van der Waals surface area (Å²) in [6.07, 6.45) is 1.94. The number of aromatic nitrogens is 2. The van der Waals surface area contributed by atoms with Crippen molar-refractivity contribution in [3.05, 3.63) is 65.7 Å². The van der Waals surface area contributed by atoms with E-state index in [0.29, 0.717) is 23.9 Å². The zero-order chi connectivity index (χ0) is 20.4. The van der Waals surface area contributed by atoms with Gasteiger partial charge in [-0.25, -0.2) is 9.18 Å². The lowest BCUT2D eigenvalue weighted by Gasteiger charge is -2.23. The number of urea groups is 1. The molecular weight excluding hydrogens is 371 g/mol. The van der Waals surface area contributed by atoms with E-state index in [1.54, 1.807) is 23.1 Å². The predicted octanol–water partition coefficient (Wildman–Crippen LogP) is 5.20. The van der Waals surface area contributed by atoms with Crippen LogP contribution in [0, 0.1) is 5.82 Å². The molecule has 1 aliphatic rings. The Labute approximate surface area is 168 Å². The van der Waals surface area contributed by atoms with Crippen molar-refractivity contribution in [1.29, 1.82) is 0 Å². The minimum Gasteiger partial charge on any atom is -0.334 e. The van der Waals surface area contributed by atoms with Gasteiger partial charge in [0, 0.05) is 29.8 Å². The fourth-order valence-corrected chi connectivity index (χ4v) is 3.06. The molecule has 2 amide bonds. The van der Waals surface area contributed by atoms with Gasteiger partial charge in [-0.15, -0.1) is 0 Å². The molecule has 1 heterocycles. The standard InChI is InChI=1S/C22H23FN4O2/c1-14(2)20-25-21(29-26-20)16-6-8-18(9-7-16)24-22(28)27(19-10-11-19)13-15-4-3-5-17(23)12-15/h3-9,12,14,19H,10-11,13H2,1-2H3,(H,24,28). The van der Waals surface area contributed by atoms with E-state index < -0.39 is 0 Å². The van der Waals surface area contributed by atoms with Crippen LogP contribution in [-0.2, 0) is 6.54 Å². The molecule has 0 bridgehead atoms. The van der Waals surface area contributed by atoms with Crippen LogP contribution in [0.3, 0.4) is 0 Å². The first-order valence-corrected chi connectivity index (χ1v) is 9.75.